The van der Waals surface area contributed by atoms with Gasteiger partial charge in [0.25, 0.3) is 5.91 Å². The summed E-state index contributed by atoms with van der Waals surface area (Å²) in [5, 5.41) is 13.1. The van der Waals surface area contributed by atoms with Crippen LogP contribution < -0.4 is 15.8 Å². The van der Waals surface area contributed by atoms with Gasteiger partial charge in [-0.1, -0.05) is 41.4 Å². The summed E-state index contributed by atoms with van der Waals surface area (Å²) in [7, 11) is 0. The number of aromatic hydroxyl groups is 1. The van der Waals surface area contributed by atoms with Gasteiger partial charge in [-0.25, -0.2) is 4.98 Å². The minimum absolute atomic E-state index is 0.0936. The Morgan fingerprint density at radius 1 is 1.14 bits per heavy atom. The van der Waals surface area contributed by atoms with Crippen molar-refractivity contribution in [2.45, 2.75) is 13.0 Å². The summed E-state index contributed by atoms with van der Waals surface area (Å²) in [4.78, 5) is 16.4. The number of amides is 1. The number of pyridine rings is 1. The number of nitrogens with zero attached hydrogens (tertiary/aromatic N) is 1. The molecule has 6 nitrogen and oxygen atoms in total. The number of nitrogens with one attached hydrogen (secondary N) is 1. The number of hydrogen-bond acceptors (Lipinski definition) is 5. The summed E-state index contributed by atoms with van der Waals surface area (Å²) >= 11 is 12.3. The van der Waals surface area contributed by atoms with Crippen molar-refractivity contribution in [2.75, 3.05) is 12.3 Å². The summed E-state index contributed by atoms with van der Waals surface area (Å²) in [6.07, 6.45) is 2.02. The molecule has 8 heteroatoms. The molecule has 4 N–H and O–H groups in total. The van der Waals surface area contributed by atoms with Gasteiger partial charge in [0.1, 0.15) is 12.4 Å². The molecule has 1 amide bonds. The molecule has 0 radical (unpaired) electrons. The maximum Gasteiger partial charge on any atom is 0.252 e. The van der Waals surface area contributed by atoms with E-state index in [-0.39, 0.29) is 29.8 Å². The van der Waals surface area contributed by atoms with Gasteiger partial charge in [-0.05, 0) is 42.3 Å². The highest BCUT2D eigenvalue weighted by molar-refractivity contribution is 6.35. The van der Waals surface area contributed by atoms with Gasteiger partial charge < -0.3 is 20.9 Å². The van der Waals surface area contributed by atoms with E-state index in [1.54, 1.807) is 42.5 Å². The fraction of sp³-hybridized carbons (Fsp3) is 0.143. The standard InChI is InChI=1S/C21H19Cl2N3O3/c22-17-2-1-3-18(23)16(17)12-29-19-10-14(11-26-20(19)24)21(28)25-9-8-13-4-6-15(27)7-5-13/h1-7,10-11,27H,8-9,12H2,(H2,24,26)(H,25,28). The number of nitrogen functional groups attached to an aromatic ring is 1. The van der Waals surface area contributed by atoms with Gasteiger partial charge in [0.15, 0.2) is 11.6 Å². The maximum atomic E-state index is 12.4. The number of ether oxygens (including phenoxy) is 1. The highest BCUT2D eigenvalue weighted by Gasteiger charge is 2.12. The number of aromatic nitrogens is 1. The van der Waals surface area contributed by atoms with E-state index in [9.17, 15) is 9.90 Å². The van der Waals surface area contributed by atoms with Crippen LogP contribution >= 0.6 is 23.2 Å². The average molecular weight is 432 g/mol. The van der Waals surface area contributed by atoms with Crippen molar-refractivity contribution in [3.05, 3.63) is 81.5 Å². The molecule has 1 aromatic heterocycles. The molecule has 0 fully saturated rings. The van der Waals surface area contributed by atoms with E-state index in [1.165, 1.54) is 12.3 Å². The van der Waals surface area contributed by atoms with Crippen molar-refractivity contribution in [1.29, 1.82) is 0 Å². The quantitative estimate of drug-likeness (QED) is 0.519. The summed E-state index contributed by atoms with van der Waals surface area (Å²) in [5.41, 5.74) is 7.81. The predicted molar refractivity (Wildman–Crippen MR) is 114 cm³/mol. The number of phenols is 1. The van der Waals surface area contributed by atoms with E-state index in [0.29, 0.717) is 34.1 Å². The van der Waals surface area contributed by atoms with E-state index in [2.05, 4.69) is 10.3 Å². The monoisotopic (exact) mass is 431 g/mol. The van der Waals surface area contributed by atoms with Crippen molar-refractivity contribution < 1.29 is 14.6 Å². The third-order valence-corrected chi connectivity index (χ3v) is 4.92. The first kappa shape index (κ1) is 20.8. The third kappa shape index (κ3) is 5.53. The molecule has 0 unspecified atom stereocenters. The Morgan fingerprint density at radius 2 is 1.83 bits per heavy atom. The zero-order valence-corrected chi connectivity index (χ0v) is 16.9. The van der Waals surface area contributed by atoms with Gasteiger partial charge in [-0.15, -0.1) is 0 Å². The van der Waals surface area contributed by atoms with Gasteiger partial charge in [-0.2, -0.15) is 0 Å². The summed E-state index contributed by atoms with van der Waals surface area (Å²) < 4.78 is 5.70. The molecule has 0 bridgehead atoms. The van der Waals surface area contributed by atoms with Gasteiger partial charge in [-0.3, -0.25) is 4.79 Å². The largest absolute Gasteiger partial charge is 0.508 e. The second kappa shape index (κ2) is 9.49. The van der Waals surface area contributed by atoms with E-state index >= 15 is 0 Å². The van der Waals surface area contributed by atoms with Crippen LogP contribution in [0.3, 0.4) is 0 Å². The Kier molecular flexibility index (Phi) is 6.80. The summed E-state index contributed by atoms with van der Waals surface area (Å²) in [6.45, 7) is 0.524. The molecule has 3 aromatic rings. The van der Waals surface area contributed by atoms with Crippen molar-refractivity contribution >= 4 is 34.9 Å². The lowest BCUT2D eigenvalue weighted by atomic mass is 10.1. The summed E-state index contributed by atoms with van der Waals surface area (Å²) in [6, 6.07) is 13.5. The molecule has 0 spiro atoms. The molecule has 29 heavy (non-hydrogen) atoms. The SMILES string of the molecule is Nc1ncc(C(=O)NCCc2ccc(O)cc2)cc1OCc1c(Cl)cccc1Cl. The molecule has 0 aliphatic heterocycles. The first-order chi connectivity index (χ1) is 13.9. The van der Waals surface area contributed by atoms with Crippen LogP contribution in [0.5, 0.6) is 11.5 Å². The Bertz CT molecular complexity index is 990. The van der Waals surface area contributed by atoms with Crippen molar-refractivity contribution in [3.63, 3.8) is 0 Å². The highest BCUT2D eigenvalue weighted by atomic mass is 35.5. The normalized spacial score (nSPS) is 10.6. The molecule has 2 aromatic carbocycles. The Morgan fingerprint density at radius 3 is 2.52 bits per heavy atom. The Labute approximate surface area is 178 Å². The van der Waals surface area contributed by atoms with Crippen molar-refractivity contribution in [1.82, 2.24) is 10.3 Å². The van der Waals surface area contributed by atoms with Crippen molar-refractivity contribution in [2.24, 2.45) is 0 Å². The lowest BCUT2D eigenvalue weighted by Crippen LogP contribution is -2.26. The van der Waals surface area contributed by atoms with E-state index in [0.717, 1.165) is 5.56 Å². The van der Waals surface area contributed by atoms with Gasteiger partial charge in [0.2, 0.25) is 0 Å². The minimum atomic E-state index is -0.295. The minimum Gasteiger partial charge on any atom is -0.508 e. The smallest absolute Gasteiger partial charge is 0.252 e. The van der Waals surface area contributed by atoms with Crippen LogP contribution in [-0.2, 0) is 13.0 Å². The van der Waals surface area contributed by atoms with Gasteiger partial charge in [0, 0.05) is 28.4 Å². The first-order valence-electron chi connectivity index (χ1n) is 8.81. The zero-order chi connectivity index (χ0) is 20.8. The van der Waals surface area contributed by atoms with E-state index in [1.807, 2.05) is 0 Å². The van der Waals surface area contributed by atoms with E-state index in [4.69, 9.17) is 33.7 Å². The van der Waals surface area contributed by atoms with Crippen LogP contribution in [0.4, 0.5) is 5.82 Å². The summed E-state index contributed by atoms with van der Waals surface area (Å²) in [5.74, 6) is 0.342. The number of carbonyl (C=O) groups is 1. The molecule has 0 aliphatic rings. The number of nitrogens with two attached hydrogens (primary N) is 1. The van der Waals surface area contributed by atoms with Crippen LogP contribution in [0.15, 0.2) is 54.7 Å². The second-order valence-electron chi connectivity index (χ2n) is 6.27. The maximum absolute atomic E-state index is 12.4. The molecule has 0 aliphatic carbocycles. The lowest BCUT2D eigenvalue weighted by Gasteiger charge is -2.12. The van der Waals surface area contributed by atoms with Crippen LogP contribution in [-0.4, -0.2) is 22.5 Å². The van der Waals surface area contributed by atoms with Crippen LogP contribution in [0.1, 0.15) is 21.5 Å². The molecular weight excluding hydrogens is 413 g/mol. The van der Waals surface area contributed by atoms with Crippen LogP contribution in [0.2, 0.25) is 10.0 Å². The van der Waals surface area contributed by atoms with Gasteiger partial charge >= 0.3 is 0 Å². The number of anilines is 1. The topological polar surface area (TPSA) is 97.5 Å². The van der Waals surface area contributed by atoms with Crippen LogP contribution in [0, 0.1) is 0 Å². The average Bonchev–Trinajstić information content (AvgIpc) is 2.70. The highest BCUT2D eigenvalue weighted by Crippen LogP contribution is 2.27. The van der Waals surface area contributed by atoms with E-state index < -0.39 is 0 Å². The number of phenolic OH excluding ortho intramolecular Hbond substituents is 1. The molecular formula is C21H19Cl2N3O3. The number of hydrogen-bond donors (Lipinski definition) is 3. The number of rotatable bonds is 7. The second-order valence-corrected chi connectivity index (χ2v) is 7.08. The Balaban J connectivity index is 1.61. The van der Waals surface area contributed by atoms with Crippen molar-refractivity contribution in [3.8, 4) is 11.5 Å². The molecule has 0 saturated heterocycles. The molecule has 150 valence electrons. The molecule has 3 rings (SSSR count). The van der Waals surface area contributed by atoms with Crippen LogP contribution in [0.25, 0.3) is 0 Å². The predicted octanol–water partition coefficient (Wildman–Crippen LogP) is 4.23. The molecule has 1 heterocycles. The Hall–Kier alpha value is -2.96. The fourth-order valence-electron chi connectivity index (χ4n) is 2.60. The molecule has 0 saturated carbocycles. The third-order valence-electron chi connectivity index (χ3n) is 4.21. The fourth-order valence-corrected chi connectivity index (χ4v) is 3.11. The first-order valence-corrected chi connectivity index (χ1v) is 9.57. The number of carbonyl (C=O) groups excluding carboxylic acids is 1. The van der Waals surface area contributed by atoms with Gasteiger partial charge in [0.05, 0.1) is 5.56 Å². The number of halogens is 2. The zero-order valence-electron chi connectivity index (χ0n) is 15.4. The lowest BCUT2D eigenvalue weighted by molar-refractivity contribution is 0.0953. The molecule has 0 atom stereocenters. The number of benzene rings is 2.